The molecule has 3 amide bonds. The Bertz CT molecular complexity index is 404. The molecular formula is C15H24N2O5. The molecule has 22 heavy (non-hydrogen) atoms. The molecule has 0 radical (unpaired) electrons. The number of hydrogen-bond donors (Lipinski definition) is 1. The van der Waals surface area contributed by atoms with Crippen molar-refractivity contribution in [3.05, 3.63) is 12.2 Å². The highest BCUT2D eigenvalue weighted by Crippen LogP contribution is 2.04. The van der Waals surface area contributed by atoms with Gasteiger partial charge >= 0.3 is 0 Å². The number of nitrogens with zero attached hydrogens (tertiary/aromatic N) is 1. The zero-order valence-electron chi connectivity index (χ0n) is 13.2. The lowest BCUT2D eigenvalue weighted by Gasteiger charge is -2.15. The van der Waals surface area contributed by atoms with Gasteiger partial charge in [0.1, 0.15) is 0 Å². The van der Waals surface area contributed by atoms with Crippen molar-refractivity contribution in [2.75, 3.05) is 32.9 Å². The van der Waals surface area contributed by atoms with Crippen LogP contribution in [0, 0.1) is 0 Å². The molecule has 1 heterocycles. The maximum absolute atomic E-state index is 11.7. The molecule has 1 rings (SSSR count). The van der Waals surface area contributed by atoms with Crippen LogP contribution < -0.4 is 5.32 Å². The van der Waals surface area contributed by atoms with Crippen molar-refractivity contribution in [2.45, 2.75) is 32.8 Å². The summed E-state index contributed by atoms with van der Waals surface area (Å²) < 4.78 is 10.7. The fraction of sp³-hybridized carbons (Fsp3) is 0.667. The summed E-state index contributed by atoms with van der Waals surface area (Å²) in [7, 11) is 0. The number of carbonyl (C=O) groups is 3. The summed E-state index contributed by atoms with van der Waals surface area (Å²) in [6.07, 6.45) is 3.26. The van der Waals surface area contributed by atoms with Gasteiger partial charge in [-0.3, -0.25) is 19.3 Å². The van der Waals surface area contributed by atoms with Gasteiger partial charge in [0.15, 0.2) is 0 Å². The van der Waals surface area contributed by atoms with Crippen LogP contribution in [-0.2, 0) is 23.9 Å². The van der Waals surface area contributed by atoms with E-state index >= 15 is 0 Å². The van der Waals surface area contributed by atoms with E-state index in [0.29, 0.717) is 32.8 Å². The van der Waals surface area contributed by atoms with Gasteiger partial charge in [0.25, 0.3) is 11.8 Å². The fourth-order valence-corrected chi connectivity index (χ4v) is 1.90. The largest absolute Gasteiger partial charge is 0.379 e. The lowest BCUT2D eigenvalue weighted by atomic mass is 10.2. The number of amides is 3. The van der Waals surface area contributed by atoms with Crippen LogP contribution in [-0.4, -0.2) is 61.6 Å². The van der Waals surface area contributed by atoms with Crippen molar-refractivity contribution in [2.24, 2.45) is 0 Å². The minimum absolute atomic E-state index is 0.0340. The van der Waals surface area contributed by atoms with E-state index < -0.39 is 0 Å². The second kappa shape index (κ2) is 10.1. The molecule has 0 spiro atoms. The van der Waals surface area contributed by atoms with E-state index in [9.17, 15) is 14.4 Å². The number of ether oxygens (including phenoxy) is 2. The van der Waals surface area contributed by atoms with Crippen LogP contribution in [0.25, 0.3) is 0 Å². The van der Waals surface area contributed by atoms with Crippen LogP contribution in [0.2, 0.25) is 0 Å². The maximum Gasteiger partial charge on any atom is 0.253 e. The SMILES string of the molecule is CCOCCOC(C)CCNC(=O)CCN1C(=O)C=CC1=O. The van der Waals surface area contributed by atoms with E-state index in [1.165, 1.54) is 12.2 Å². The van der Waals surface area contributed by atoms with Gasteiger partial charge in [0.05, 0.1) is 19.3 Å². The molecule has 7 heteroatoms. The molecule has 0 aromatic heterocycles. The van der Waals surface area contributed by atoms with Gasteiger partial charge in [-0.05, 0) is 20.3 Å². The van der Waals surface area contributed by atoms with E-state index in [0.717, 1.165) is 4.90 Å². The molecule has 1 aliphatic rings. The highest BCUT2D eigenvalue weighted by molar-refractivity contribution is 6.13. The maximum atomic E-state index is 11.7. The molecule has 0 fully saturated rings. The average Bonchev–Trinajstić information content (AvgIpc) is 2.80. The molecule has 124 valence electrons. The van der Waals surface area contributed by atoms with Gasteiger partial charge in [-0.2, -0.15) is 0 Å². The zero-order chi connectivity index (χ0) is 16.4. The summed E-state index contributed by atoms with van der Waals surface area (Å²) in [5.74, 6) is -0.919. The first-order chi connectivity index (χ1) is 10.5. The van der Waals surface area contributed by atoms with Gasteiger partial charge in [0.2, 0.25) is 5.91 Å². The van der Waals surface area contributed by atoms with Crippen molar-refractivity contribution >= 4 is 17.7 Å². The number of carbonyl (C=O) groups excluding carboxylic acids is 3. The molecule has 0 bridgehead atoms. The molecule has 0 saturated heterocycles. The summed E-state index contributed by atoms with van der Waals surface area (Å²) in [6, 6.07) is 0. The van der Waals surface area contributed by atoms with E-state index in [2.05, 4.69) is 5.32 Å². The Morgan fingerprint density at radius 3 is 2.59 bits per heavy atom. The summed E-state index contributed by atoms with van der Waals surface area (Å²) in [5.41, 5.74) is 0. The van der Waals surface area contributed by atoms with Crippen LogP contribution in [0.1, 0.15) is 26.7 Å². The molecule has 1 aliphatic heterocycles. The lowest BCUT2D eigenvalue weighted by molar-refractivity contribution is -0.137. The molecule has 0 aromatic rings. The smallest absolute Gasteiger partial charge is 0.253 e. The van der Waals surface area contributed by atoms with Crippen molar-refractivity contribution in [3.63, 3.8) is 0 Å². The van der Waals surface area contributed by atoms with Crippen LogP contribution in [0.3, 0.4) is 0 Å². The first kappa shape index (κ1) is 18.3. The molecule has 0 aromatic carbocycles. The Kier molecular flexibility index (Phi) is 8.39. The molecule has 0 aliphatic carbocycles. The van der Waals surface area contributed by atoms with E-state index in [-0.39, 0.29) is 36.8 Å². The van der Waals surface area contributed by atoms with Crippen LogP contribution in [0.5, 0.6) is 0 Å². The Labute approximate surface area is 130 Å². The van der Waals surface area contributed by atoms with Gasteiger partial charge in [-0.1, -0.05) is 0 Å². The summed E-state index contributed by atoms with van der Waals surface area (Å²) in [5, 5.41) is 2.75. The topological polar surface area (TPSA) is 84.9 Å². The van der Waals surface area contributed by atoms with Gasteiger partial charge in [-0.25, -0.2) is 0 Å². The van der Waals surface area contributed by atoms with Crippen LogP contribution >= 0.6 is 0 Å². The Morgan fingerprint density at radius 2 is 1.95 bits per heavy atom. The Balaban J connectivity index is 2.06. The minimum atomic E-state index is -0.367. The number of nitrogens with one attached hydrogen (secondary N) is 1. The van der Waals surface area contributed by atoms with Gasteiger partial charge in [0, 0.05) is 38.3 Å². The van der Waals surface area contributed by atoms with Crippen molar-refractivity contribution in [3.8, 4) is 0 Å². The normalized spacial score (nSPS) is 15.5. The van der Waals surface area contributed by atoms with Crippen molar-refractivity contribution in [1.29, 1.82) is 0 Å². The third-order valence-corrected chi connectivity index (χ3v) is 3.17. The van der Waals surface area contributed by atoms with E-state index in [4.69, 9.17) is 9.47 Å². The summed E-state index contributed by atoms with van der Waals surface area (Å²) in [6.45, 7) is 6.24. The second-order valence-corrected chi connectivity index (χ2v) is 4.93. The Hall–Kier alpha value is -1.73. The first-order valence-corrected chi connectivity index (χ1v) is 7.54. The summed E-state index contributed by atoms with van der Waals surface area (Å²) >= 11 is 0. The van der Waals surface area contributed by atoms with Crippen LogP contribution in [0.15, 0.2) is 12.2 Å². The molecule has 1 atom stereocenters. The van der Waals surface area contributed by atoms with Gasteiger partial charge in [-0.15, -0.1) is 0 Å². The predicted octanol–water partition coefficient (Wildman–Crippen LogP) is 0.249. The molecule has 0 saturated carbocycles. The molecule has 1 unspecified atom stereocenters. The third-order valence-electron chi connectivity index (χ3n) is 3.17. The van der Waals surface area contributed by atoms with Crippen molar-refractivity contribution in [1.82, 2.24) is 10.2 Å². The lowest BCUT2D eigenvalue weighted by Crippen LogP contribution is -2.35. The van der Waals surface area contributed by atoms with Crippen LogP contribution in [0.4, 0.5) is 0 Å². The number of imide groups is 1. The Morgan fingerprint density at radius 1 is 1.27 bits per heavy atom. The van der Waals surface area contributed by atoms with Gasteiger partial charge < -0.3 is 14.8 Å². The average molecular weight is 312 g/mol. The monoisotopic (exact) mass is 312 g/mol. The molecule has 7 nitrogen and oxygen atoms in total. The molecule has 1 N–H and O–H groups in total. The third kappa shape index (κ3) is 6.82. The highest BCUT2D eigenvalue weighted by Gasteiger charge is 2.23. The predicted molar refractivity (Wildman–Crippen MR) is 80.0 cm³/mol. The molecular weight excluding hydrogens is 288 g/mol. The minimum Gasteiger partial charge on any atom is -0.379 e. The number of hydrogen-bond acceptors (Lipinski definition) is 5. The summed E-state index contributed by atoms with van der Waals surface area (Å²) in [4.78, 5) is 35.3. The van der Waals surface area contributed by atoms with E-state index in [1.807, 2.05) is 13.8 Å². The first-order valence-electron chi connectivity index (χ1n) is 7.54. The number of rotatable bonds is 11. The standard InChI is InChI=1S/C15H24N2O5/c1-3-21-10-11-22-12(2)6-8-16-13(18)7-9-17-14(19)4-5-15(17)20/h4-5,12H,3,6-11H2,1-2H3,(H,16,18). The highest BCUT2D eigenvalue weighted by atomic mass is 16.5. The second-order valence-electron chi connectivity index (χ2n) is 4.93. The fourth-order valence-electron chi connectivity index (χ4n) is 1.90. The van der Waals surface area contributed by atoms with E-state index in [1.54, 1.807) is 0 Å². The quantitative estimate of drug-likeness (QED) is 0.437. The van der Waals surface area contributed by atoms with Crippen molar-refractivity contribution < 1.29 is 23.9 Å². The zero-order valence-corrected chi connectivity index (χ0v) is 13.2.